The Kier molecular flexibility index (Phi) is 6.74. The number of aryl methyl sites for hydroxylation is 2. The van der Waals surface area contributed by atoms with E-state index < -0.39 is 5.60 Å². The second kappa shape index (κ2) is 9.82. The summed E-state index contributed by atoms with van der Waals surface area (Å²) in [5.74, 6) is 0.427. The van der Waals surface area contributed by atoms with Crippen LogP contribution in [0.25, 0.3) is 0 Å². The summed E-state index contributed by atoms with van der Waals surface area (Å²) in [6.45, 7) is 4.05. The Balaban J connectivity index is 1.55. The van der Waals surface area contributed by atoms with Crippen molar-refractivity contribution in [1.29, 1.82) is 0 Å². The summed E-state index contributed by atoms with van der Waals surface area (Å²) in [6, 6.07) is 21.0. The lowest BCUT2D eigenvalue weighted by Gasteiger charge is -2.50. The van der Waals surface area contributed by atoms with Gasteiger partial charge in [-0.1, -0.05) is 43.3 Å². The fourth-order valence-electron chi connectivity index (χ4n) is 6.85. The van der Waals surface area contributed by atoms with Gasteiger partial charge in [-0.25, -0.2) is 0 Å². The quantitative estimate of drug-likeness (QED) is 0.456. The molecular weight excluding hydrogens is 444 g/mol. The van der Waals surface area contributed by atoms with Crippen molar-refractivity contribution < 1.29 is 9.90 Å². The fraction of sp³-hybridized carbons (Fsp3) is 0.438. The average molecular weight is 483 g/mol. The van der Waals surface area contributed by atoms with E-state index in [0.29, 0.717) is 5.92 Å². The summed E-state index contributed by atoms with van der Waals surface area (Å²) in [4.78, 5) is 19.6. The van der Waals surface area contributed by atoms with Gasteiger partial charge < -0.3 is 10.0 Å². The molecule has 0 spiro atoms. The molecule has 1 aromatic heterocycles. The van der Waals surface area contributed by atoms with Gasteiger partial charge in [0.15, 0.2) is 0 Å². The van der Waals surface area contributed by atoms with Crippen molar-refractivity contribution in [2.75, 3.05) is 11.9 Å². The molecule has 188 valence electrons. The van der Waals surface area contributed by atoms with Gasteiger partial charge in [-0.15, -0.1) is 0 Å². The number of aliphatic hydroxyl groups is 1. The second-order valence-electron chi connectivity index (χ2n) is 11.0. The van der Waals surface area contributed by atoms with Crippen LogP contribution in [0.2, 0.25) is 0 Å². The molecule has 2 aromatic carbocycles. The van der Waals surface area contributed by atoms with E-state index in [0.717, 1.165) is 68.3 Å². The molecule has 0 unspecified atom stereocenters. The van der Waals surface area contributed by atoms with Crippen LogP contribution in [0.1, 0.15) is 78.2 Å². The average Bonchev–Trinajstić information content (AvgIpc) is 3.05. The molecule has 1 heterocycles. The molecule has 1 amide bonds. The highest BCUT2D eigenvalue weighted by Gasteiger charge is 2.50. The highest BCUT2D eigenvalue weighted by molar-refractivity contribution is 6.06. The highest BCUT2D eigenvalue weighted by atomic mass is 16.3. The van der Waals surface area contributed by atoms with Crippen LogP contribution in [0, 0.1) is 12.8 Å². The first-order valence-electron chi connectivity index (χ1n) is 13.4. The summed E-state index contributed by atoms with van der Waals surface area (Å²) in [6.07, 6.45) is 9.39. The van der Waals surface area contributed by atoms with Crippen molar-refractivity contribution in [3.8, 4) is 0 Å². The second-order valence-corrected chi connectivity index (χ2v) is 11.0. The van der Waals surface area contributed by atoms with E-state index in [2.05, 4.69) is 54.4 Å². The van der Waals surface area contributed by atoms with E-state index in [4.69, 9.17) is 0 Å². The van der Waals surface area contributed by atoms with Crippen LogP contribution in [-0.2, 0) is 18.3 Å². The van der Waals surface area contributed by atoms with Gasteiger partial charge in [-0.2, -0.15) is 0 Å². The largest absolute Gasteiger partial charge is 0.390 e. The molecular formula is C32H38N2O2. The van der Waals surface area contributed by atoms with E-state index >= 15 is 0 Å². The molecule has 2 aliphatic rings. The zero-order valence-corrected chi connectivity index (χ0v) is 21.8. The topological polar surface area (TPSA) is 53.4 Å². The van der Waals surface area contributed by atoms with Crippen molar-refractivity contribution in [3.63, 3.8) is 0 Å². The van der Waals surface area contributed by atoms with Gasteiger partial charge in [0.1, 0.15) is 0 Å². The maximum Gasteiger partial charge on any atom is 0.258 e. The molecule has 0 bridgehead atoms. The lowest BCUT2D eigenvalue weighted by Crippen LogP contribution is -2.48. The van der Waals surface area contributed by atoms with Gasteiger partial charge >= 0.3 is 0 Å². The third-order valence-electron chi connectivity index (χ3n) is 9.00. The molecule has 1 fully saturated rings. The number of rotatable bonds is 5. The highest BCUT2D eigenvalue weighted by Crippen LogP contribution is 2.54. The Hall–Kier alpha value is -2.98. The summed E-state index contributed by atoms with van der Waals surface area (Å²) in [5.41, 5.74) is 5.89. The molecule has 0 saturated heterocycles. The zero-order valence-electron chi connectivity index (χ0n) is 21.8. The molecule has 3 atom stereocenters. The van der Waals surface area contributed by atoms with Crippen molar-refractivity contribution in [1.82, 2.24) is 4.98 Å². The van der Waals surface area contributed by atoms with Crippen molar-refractivity contribution in [2.45, 2.75) is 76.2 Å². The first-order valence-corrected chi connectivity index (χ1v) is 13.4. The smallest absolute Gasteiger partial charge is 0.258 e. The number of pyridine rings is 1. The van der Waals surface area contributed by atoms with Crippen molar-refractivity contribution in [2.24, 2.45) is 5.92 Å². The van der Waals surface area contributed by atoms with Gasteiger partial charge in [-0.3, -0.25) is 9.78 Å². The molecule has 3 aromatic rings. The molecule has 1 saturated carbocycles. The summed E-state index contributed by atoms with van der Waals surface area (Å²) >= 11 is 0. The minimum absolute atomic E-state index is 0.00388. The van der Waals surface area contributed by atoms with Gasteiger partial charge in [0, 0.05) is 24.2 Å². The first kappa shape index (κ1) is 24.7. The minimum atomic E-state index is -0.560. The molecule has 36 heavy (non-hydrogen) atoms. The van der Waals surface area contributed by atoms with E-state index in [-0.39, 0.29) is 11.3 Å². The lowest BCUT2D eigenvalue weighted by molar-refractivity contribution is -0.0497. The van der Waals surface area contributed by atoms with Gasteiger partial charge in [0.05, 0.1) is 17.0 Å². The maximum atomic E-state index is 13.5. The third-order valence-corrected chi connectivity index (χ3v) is 9.00. The number of benzene rings is 2. The van der Waals surface area contributed by atoms with Crippen LogP contribution in [0.5, 0.6) is 0 Å². The Morgan fingerprint density at radius 2 is 1.92 bits per heavy atom. The zero-order chi connectivity index (χ0) is 25.3. The Labute approximate surface area is 215 Å². The summed E-state index contributed by atoms with van der Waals surface area (Å²) in [5, 5.41) is 11.3. The van der Waals surface area contributed by atoms with Crippen molar-refractivity contribution >= 4 is 11.6 Å². The van der Waals surface area contributed by atoms with Crippen LogP contribution < -0.4 is 4.90 Å². The Morgan fingerprint density at radius 3 is 2.67 bits per heavy atom. The van der Waals surface area contributed by atoms with Crippen LogP contribution in [0.4, 0.5) is 5.69 Å². The standard InChI is InChI=1S/C32H38N2O2/c1-4-31(36)17-18-32(21-24-10-6-5-7-11-24)27(22-31)13-8-12-25-20-26(15-16-28(25)32)30(35)34(3)29-14-9-19-33-23(29)2/h5-7,9-11,14-16,19-20,27,36H,4,8,12-13,17-18,21-22H2,1-3H3/t27-,31+,32-/m0/s1. The van der Waals surface area contributed by atoms with Crippen LogP contribution in [-0.4, -0.2) is 28.6 Å². The van der Waals surface area contributed by atoms with Crippen LogP contribution in [0.3, 0.4) is 0 Å². The predicted molar refractivity (Wildman–Crippen MR) is 145 cm³/mol. The molecule has 4 nitrogen and oxygen atoms in total. The predicted octanol–water partition coefficient (Wildman–Crippen LogP) is 6.42. The van der Waals surface area contributed by atoms with E-state index in [1.165, 1.54) is 16.7 Å². The number of fused-ring (bicyclic) bond motifs is 3. The van der Waals surface area contributed by atoms with E-state index in [1.807, 2.05) is 32.2 Å². The Bertz CT molecular complexity index is 1240. The molecule has 0 radical (unpaired) electrons. The lowest BCUT2D eigenvalue weighted by atomic mass is 9.55. The number of aromatic nitrogens is 1. The normalized spacial score (nSPS) is 25.4. The van der Waals surface area contributed by atoms with Gasteiger partial charge in [-0.05, 0) is 105 Å². The number of nitrogens with zero attached hydrogens (tertiary/aromatic N) is 2. The summed E-state index contributed by atoms with van der Waals surface area (Å²) < 4.78 is 0. The Morgan fingerprint density at radius 1 is 1.11 bits per heavy atom. The molecule has 4 heteroatoms. The third kappa shape index (κ3) is 4.48. The first-order chi connectivity index (χ1) is 17.3. The van der Waals surface area contributed by atoms with E-state index in [9.17, 15) is 9.90 Å². The van der Waals surface area contributed by atoms with Crippen LogP contribution in [0.15, 0.2) is 66.9 Å². The molecule has 0 aliphatic heterocycles. The number of hydrogen-bond donors (Lipinski definition) is 1. The van der Waals surface area contributed by atoms with E-state index in [1.54, 1.807) is 11.1 Å². The number of hydrogen-bond acceptors (Lipinski definition) is 3. The monoisotopic (exact) mass is 482 g/mol. The summed E-state index contributed by atoms with van der Waals surface area (Å²) in [7, 11) is 1.83. The number of carbonyl (C=O) groups excluding carboxylic acids is 1. The fourth-order valence-corrected chi connectivity index (χ4v) is 6.85. The molecule has 5 rings (SSSR count). The molecule has 2 aliphatic carbocycles. The molecule has 1 N–H and O–H groups in total. The van der Waals surface area contributed by atoms with Crippen molar-refractivity contribution in [3.05, 3.63) is 94.8 Å². The van der Waals surface area contributed by atoms with Gasteiger partial charge in [0.25, 0.3) is 5.91 Å². The van der Waals surface area contributed by atoms with Crippen LogP contribution >= 0.6 is 0 Å². The van der Waals surface area contributed by atoms with Gasteiger partial charge in [0.2, 0.25) is 0 Å². The number of carbonyl (C=O) groups is 1. The number of anilines is 1. The number of amides is 1. The SMILES string of the molecule is CC[C@@]1(O)CC[C@@]2(Cc3ccccc3)c3ccc(C(=O)N(C)c4cccnc4C)cc3CCC[C@H]2C1. The minimum Gasteiger partial charge on any atom is -0.390 e. The maximum absolute atomic E-state index is 13.5.